The summed E-state index contributed by atoms with van der Waals surface area (Å²) in [5.41, 5.74) is 13.1. The summed E-state index contributed by atoms with van der Waals surface area (Å²) in [5.74, 6) is 0.708. The largest absolute Gasteiger partial charge is 0.491 e. The predicted molar refractivity (Wildman–Crippen MR) is 174 cm³/mol. The minimum Gasteiger partial charge on any atom is -0.491 e. The Bertz CT molecular complexity index is 1670. The summed E-state index contributed by atoms with van der Waals surface area (Å²) >= 11 is 1.62. The number of nitrogens with zero attached hydrogens (tertiary/aromatic N) is 5. The first-order valence-electron chi connectivity index (χ1n) is 15.2. The second-order valence-corrected chi connectivity index (χ2v) is 11.7. The van der Waals surface area contributed by atoms with Gasteiger partial charge in [0, 0.05) is 24.5 Å². The maximum Gasteiger partial charge on any atom is 0.317 e. The molecule has 0 unspecified atom stereocenters. The molecule has 10 heteroatoms. The molecule has 226 valence electrons. The lowest BCUT2D eigenvalue weighted by Crippen LogP contribution is -2.31. The first-order valence-corrected chi connectivity index (χ1v) is 16.0. The topological polar surface area (TPSA) is 111 Å². The molecule has 3 heterocycles. The van der Waals surface area contributed by atoms with Gasteiger partial charge < -0.3 is 20.7 Å². The number of rotatable bonds is 14. The van der Waals surface area contributed by atoms with Crippen LogP contribution in [0.2, 0.25) is 0 Å². The molecular weight excluding hydrogens is 570 g/mol. The Kier molecular flexibility index (Phi) is 9.59. The maximum absolute atomic E-state index is 12.0. The van der Waals surface area contributed by atoms with Crippen molar-refractivity contribution in [2.75, 3.05) is 32.8 Å². The van der Waals surface area contributed by atoms with Crippen LogP contribution in [0, 0.1) is 0 Å². The molecule has 0 spiro atoms. The third kappa shape index (κ3) is 7.32. The van der Waals surface area contributed by atoms with Gasteiger partial charge in [-0.05, 0) is 67.5 Å². The van der Waals surface area contributed by atoms with Crippen molar-refractivity contribution in [3.63, 3.8) is 0 Å². The highest BCUT2D eigenvalue weighted by molar-refractivity contribution is 7.13. The van der Waals surface area contributed by atoms with Gasteiger partial charge in [-0.3, -0.25) is 0 Å². The van der Waals surface area contributed by atoms with E-state index in [1.54, 1.807) is 20.9 Å². The van der Waals surface area contributed by atoms with E-state index in [9.17, 15) is 4.79 Å². The van der Waals surface area contributed by atoms with Crippen LogP contribution in [0.1, 0.15) is 29.8 Å². The number of hydrogen-bond donors (Lipinski definition) is 2. The molecule has 1 aliphatic rings. The van der Waals surface area contributed by atoms with Gasteiger partial charge in [-0.1, -0.05) is 59.8 Å². The van der Waals surface area contributed by atoms with E-state index in [0.717, 1.165) is 59.8 Å². The fraction of sp³-hybridized carbons (Fsp3) is 0.294. The fourth-order valence-electron chi connectivity index (χ4n) is 5.24. The summed E-state index contributed by atoms with van der Waals surface area (Å²) in [7, 11) is 0. The number of hydrogen-bond acceptors (Lipinski definition) is 7. The zero-order chi connectivity index (χ0) is 30.1. The lowest BCUT2D eigenvalue weighted by molar-refractivity contribution is 0.203. The summed E-state index contributed by atoms with van der Waals surface area (Å²) in [5, 5.41) is 14.6. The summed E-state index contributed by atoms with van der Waals surface area (Å²) < 4.78 is 8.08. The van der Waals surface area contributed by atoms with Crippen LogP contribution >= 0.6 is 11.3 Å². The molecule has 44 heavy (non-hydrogen) atoms. The normalized spacial score (nSPS) is 12.9. The lowest BCUT2D eigenvalue weighted by atomic mass is 10.0. The Balaban J connectivity index is 1.16. The monoisotopic (exact) mass is 607 g/mol. The molecular formula is C34H37N7O2S. The predicted octanol–water partition coefficient (Wildman–Crippen LogP) is 5.53. The average molecular weight is 608 g/mol. The molecule has 0 radical (unpaired) electrons. The molecule has 1 saturated heterocycles. The molecule has 6 rings (SSSR count). The number of carbonyl (C=O) groups excluding carboxylic acids is 1. The van der Waals surface area contributed by atoms with Gasteiger partial charge in [0.1, 0.15) is 17.4 Å². The van der Waals surface area contributed by atoms with E-state index in [1.165, 1.54) is 16.7 Å². The molecule has 1 fully saturated rings. The number of amides is 2. The highest BCUT2D eigenvalue weighted by atomic mass is 32.1. The zero-order valence-corrected chi connectivity index (χ0v) is 25.5. The van der Waals surface area contributed by atoms with Crippen molar-refractivity contribution in [1.29, 1.82) is 0 Å². The highest BCUT2D eigenvalue weighted by Crippen LogP contribution is 2.34. The van der Waals surface area contributed by atoms with Crippen molar-refractivity contribution in [3.05, 3.63) is 101 Å². The van der Waals surface area contributed by atoms with Crippen molar-refractivity contribution in [1.82, 2.24) is 30.2 Å². The molecule has 3 aromatic carbocycles. The number of nitrogens with two attached hydrogens (primary N) is 1. The fourth-order valence-corrected chi connectivity index (χ4v) is 6.13. The van der Waals surface area contributed by atoms with Crippen molar-refractivity contribution in [2.45, 2.75) is 32.1 Å². The summed E-state index contributed by atoms with van der Waals surface area (Å²) in [4.78, 5) is 18.8. The Morgan fingerprint density at radius 3 is 2.57 bits per heavy atom. The summed E-state index contributed by atoms with van der Waals surface area (Å²) in [6, 6.07) is 25.2. The molecule has 3 N–H and O–H groups in total. The van der Waals surface area contributed by atoms with E-state index >= 15 is 0 Å². The van der Waals surface area contributed by atoms with Crippen LogP contribution in [0.25, 0.3) is 27.4 Å². The second kappa shape index (κ2) is 14.3. The minimum absolute atomic E-state index is 0.0494. The van der Waals surface area contributed by atoms with Crippen LogP contribution in [-0.2, 0) is 19.3 Å². The van der Waals surface area contributed by atoms with Crippen molar-refractivity contribution in [3.8, 4) is 33.1 Å². The van der Waals surface area contributed by atoms with Crippen molar-refractivity contribution < 1.29 is 9.53 Å². The Labute approximate surface area is 261 Å². The number of unbranched alkanes of at least 4 members (excludes halogenated alkanes) is 1. The standard InChI is InChI=1S/C34H37N7O2S/c35-17-5-4-8-28-23-41(39-38-28)30-15-16-31(32(22-30)43-21-20-40-19-18-36-34(40)42)33-37-29(24-44-33)14-11-25-9-12-27(13-10-25)26-6-2-1-3-7-26/h1-3,6-7,9-10,12-13,15-16,22-24H,4-5,8,11,14,17-21,35H2,(H,36,42). The van der Waals surface area contributed by atoms with Gasteiger partial charge >= 0.3 is 6.03 Å². The van der Waals surface area contributed by atoms with Crippen LogP contribution in [0.4, 0.5) is 4.79 Å². The number of carbonyl (C=O) groups is 1. The van der Waals surface area contributed by atoms with E-state index in [1.807, 2.05) is 30.5 Å². The number of aromatic nitrogens is 4. The minimum atomic E-state index is -0.0494. The van der Waals surface area contributed by atoms with Gasteiger partial charge in [-0.2, -0.15) is 0 Å². The number of aryl methyl sites for hydroxylation is 3. The lowest BCUT2D eigenvalue weighted by Gasteiger charge is -2.16. The second-order valence-electron chi connectivity index (χ2n) is 10.9. The van der Waals surface area contributed by atoms with E-state index in [4.69, 9.17) is 15.5 Å². The van der Waals surface area contributed by atoms with E-state index in [0.29, 0.717) is 38.5 Å². The average Bonchev–Trinajstić information content (AvgIpc) is 3.83. The molecule has 0 saturated carbocycles. The number of thiazole rings is 1. The first kappa shape index (κ1) is 29.5. The number of ether oxygens (including phenoxy) is 1. The Morgan fingerprint density at radius 2 is 1.77 bits per heavy atom. The van der Waals surface area contributed by atoms with Gasteiger partial charge in [0.2, 0.25) is 0 Å². The molecule has 9 nitrogen and oxygen atoms in total. The number of urea groups is 1. The van der Waals surface area contributed by atoms with Gasteiger partial charge in [-0.15, -0.1) is 16.4 Å². The third-order valence-electron chi connectivity index (χ3n) is 7.73. The van der Waals surface area contributed by atoms with Gasteiger partial charge in [0.25, 0.3) is 0 Å². The molecule has 0 aliphatic carbocycles. The quantitative estimate of drug-likeness (QED) is 0.161. The summed E-state index contributed by atoms with van der Waals surface area (Å²) in [6.45, 7) is 2.92. The van der Waals surface area contributed by atoms with Gasteiger partial charge in [0.15, 0.2) is 0 Å². The Morgan fingerprint density at radius 1 is 0.932 bits per heavy atom. The van der Waals surface area contributed by atoms with Gasteiger partial charge in [-0.25, -0.2) is 14.5 Å². The molecule has 2 aromatic heterocycles. The van der Waals surface area contributed by atoms with E-state index < -0.39 is 0 Å². The van der Waals surface area contributed by atoms with Crippen LogP contribution in [0.3, 0.4) is 0 Å². The van der Waals surface area contributed by atoms with Crippen LogP contribution in [0.15, 0.2) is 84.4 Å². The SMILES string of the molecule is NCCCCc1cn(-c2ccc(-c3nc(CCc4ccc(-c5ccccc5)cc4)cs3)c(OCCN3CCNC3=O)c2)nn1. The van der Waals surface area contributed by atoms with Crippen LogP contribution in [-0.4, -0.2) is 63.7 Å². The zero-order valence-electron chi connectivity index (χ0n) is 24.7. The van der Waals surface area contributed by atoms with Crippen LogP contribution < -0.4 is 15.8 Å². The van der Waals surface area contributed by atoms with Gasteiger partial charge in [0.05, 0.1) is 35.4 Å². The molecule has 1 aliphatic heterocycles. The summed E-state index contributed by atoms with van der Waals surface area (Å²) in [6.07, 6.45) is 6.51. The molecule has 0 atom stereocenters. The first-order chi connectivity index (χ1) is 21.7. The molecule has 5 aromatic rings. The van der Waals surface area contributed by atoms with Crippen molar-refractivity contribution >= 4 is 17.4 Å². The Hall–Kier alpha value is -4.54. The third-order valence-corrected chi connectivity index (χ3v) is 8.66. The van der Waals surface area contributed by atoms with E-state index in [2.05, 4.69) is 69.5 Å². The van der Waals surface area contributed by atoms with Crippen molar-refractivity contribution in [2.24, 2.45) is 5.73 Å². The number of nitrogens with one attached hydrogen (secondary N) is 1. The molecule has 2 amide bonds. The van der Waals surface area contributed by atoms with E-state index in [-0.39, 0.29) is 6.03 Å². The maximum atomic E-state index is 12.0. The highest BCUT2D eigenvalue weighted by Gasteiger charge is 2.20. The number of benzene rings is 3. The smallest absolute Gasteiger partial charge is 0.317 e. The molecule has 0 bridgehead atoms. The van der Waals surface area contributed by atoms with Crippen LogP contribution in [0.5, 0.6) is 5.75 Å².